The van der Waals surface area contributed by atoms with Crippen LogP contribution in [0.25, 0.3) is 0 Å². The van der Waals surface area contributed by atoms with Gasteiger partial charge >= 0.3 is 0 Å². The molecule has 110 valence electrons. The largest absolute Gasteiger partial charge is 0.492 e. The first-order valence-electron chi connectivity index (χ1n) is 7.52. The van der Waals surface area contributed by atoms with Gasteiger partial charge in [0.2, 0.25) is 0 Å². The van der Waals surface area contributed by atoms with E-state index in [1.807, 2.05) is 11.8 Å². The van der Waals surface area contributed by atoms with Crippen molar-refractivity contribution in [2.75, 3.05) is 13.2 Å². The minimum atomic E-state index is 0.531. The number of rotatable bonds is 6. The summed E-state index contributed by atoms with van der Waals surface area (Å²) in [6.45, 7) is 4.81. The Morgan fingerprint density at radius 2 is 1.95 bits per heavy atom. The molecule has 0 radical (unpaired) electrons. The lowest BCUT2D eigenvalue weighted by Gasteiger charge is -2.11. The molecule has 0 fully saturated rings. The maximum atomic E-state index is 5.94. The number of benzene rings is 2. The quantitative estimate of drug-likeness (QED) is 0.874. The van der Waals surface area contributed by atoms with Crippen LogP contribution in [0.2, 0.25) is 0 Å². The third-order valence-electron chi connectivity index (χ3n) is 3.65. The number of nitrogens with one attached hydrogen (secondary N) is 1. The topological polar surface area (TPSA) is 21.3 Å². The first-order valence-corrected chi connectivity index (χ1v) is 8.40. The molecular formula is C18H21NOS. The number of fused-ring (bicyclic) bond motifs is 1. The predicted octanol–water partition coefficient (Wildman–Crippen LogP) is 3.89. The zero-order valence-corrected chi connectivity index (χ0v) is 13.2. The van der Waals surface area contributed by atoms with Crippen LogP contribution >= 0.6 is 11.8 Å². The molecule has 0 aromatic heterocycles. The van der Waals surface area contributed by atoms with E-state index in [1.54, 1.807) is 0 Å². The minimum absolute atomic E-state index is 0.531. The molecule has 1 unspecified atom stereocenters. The summed E-state index contributed by atoms with van der Waals surface area (Å²) in [6, 6.07) is 17.1. The summed E-state index contributed by atoms with van der Waals surface area (Å²) in [5.41, 5.74) is 2.75. The van der Waals surface area contributed by atoms with Crippen LogP contribution in [-0.4, -0.2) is 18.4 Å². The van der Waals surface area contributed by atoms with Gasteiger partial charge in [-0.05, 0) is 42.3 Å². The number of ether oxygens (including phenoxy) is 1. The van der Waals surface area contributed by atoms with Crippen LogP contribution in [0.4, 0.5) is 0 Å². The third kappa shape index (κ3) is 3.80. The van der Waals surface area contributed by atoms with E-state index < -0.39 is 0 Å². The van der Waals surface area contributed by atoms with Crippen molar-refractivity contribution in [3.05, 3.63) is 59.7 Å². The fraction of sp³-hybridized carbons (Fsp3) is 0.333. The molecule has 1 N–H and O–H groups in total. The van der Waals surface area contributed by atoms with Gasteiger partial charge in [-0.3, -0.25) is 0 Å². The van der Waals surface area contributed by atoms with Gasteiger partial charge in [-0.1, -0.05) is 37.3 Å². The Kier molecular flexibility index (Phi) is 4.84. The molecule has 1 aliphatic rings. The van der Waals surface area contributed by atoms with Crippen LogP contribution in [0.3, 0.4) is 0 Å². The van der Waals surface area contributed by atoms with Crippen molar-refractivity contribution in [3.63, 3.8) is 0 Å². The second kappa shape index (κ2) is 7.01. The normalized spacial score (nSPS) is 16.7. The van der Waals surface area contributed by atoms with Gasteiger partial charge in [0, 0.05) is 16.7 Å². The van der Waals surface area contributed by atoms with Crippen molar-refractivity contribution in [2.24, 2.45) is 0 Å². The average Bonchev–Trinajstić information content (AvgIpc) is 2.95. The van der Waals surface area contributed by atoms with Crippen molar-refractivity contribution in [3.8, 4) is 5.75 Å². The summed E-state index contributed by atoms with van der Waals surface area (Å²) >= 11 is 1.93. The molecule has 3 heteroatoms. The second-order valence-corrected chi connectivity index (χ2v) is 6.63. The van der Waals surface area contributed by atoms with Gasteiger partial charge < -0.3 is 10.1 Å². The van der Waals surface area contributed by atoms with Crippen LogP contribution in [0.15, 0.2) is 53.4 Å². The standard InChI is InChI=1S/C18H21NOS/c1-2-19-12-14-7-9-16(10-8-14)20-13-17-11-15-5-3-4-6-18(15)21-17/h3-10,17,19H,2,11-13H2,1H3. The first kappa shape index (κ1) is 14.5. The monoisotopic (exact) mass is 299 g/mol. The molecule has 0 saturated heterocycles. The summed E-state index contributed by atoms with van der Waals surface area (Å²) in [5.74, 6) is 0.965. The maximum Gasteiger partial charge on any atom is 0.119 e. The molecule has 2 aromatic rings. The van der Waals surface area contributed by atoms with Crippen molar-refractivity contribution < 1.29 is 4.74 Å². The van der Waals surface area contributed by atoms with Gasteiger partial charge in [0.05, 0.1) is 0 Å². The van der Waals surface area contributed by atoms with E-state index in [-0.39, 0.29) is 0 Å². The molecule has 0 spiro atoms. The minimum Gasteiger partial charge on any atom is -0.492 e. The molecule has 2 aromatic carbocycles. The van der Waals surface area contributed by atoms with E-state index in [9.17, 15) is 0 Å². The lowest BCUT2D eigenvalue weighted by atomic mass is 10.1. The highest BCUT2D eigenvalue weighted by Crippen LogP contribution is 2.36. The molecule has 1 aliphatic heterocycles. The smallest absolute Gasteiger partial charge is 0.119 e. The Hall–Kier alpha value is -1.45. The Bertz CT molecular complexity index is 557. The predicted molar refractivity (Wildman–Crippen MR) is 89.1 cm³/mol. The van der Waals surface area contributed by atoms with Crippen LogP contribution < -0.4 is 10.1 Å². The van der Waals surface area contributed by atoms with Crippen molar-refractivity contribution in [1.29, 1.82) is 0 Å². The molecular weight excluding hydrogens is 278 g/mol. The summed E-state index contributed by atoms with van der Waals surface area (Å²) in [7, 11) is 0. The highest BCUT2D eigenvalue weighted by Gasteiger charge is 2.22. The van der Waals surface area contributed by atoms with E-state index in [2.05, 4.69) is 60.8 Å². The fourth-order valence-electron chi connectivity index (χ4n) is 2.51. The third-order valence-corrected chi connectivity index (χ3v) is 4.94. The van der Waals surface area contributed by atoms with Crippen LogP contribution in [-0.2, 0) is 13.0 Å². The number of thioether (sulfide) groups is 1. The zero-order valence-electron chi connectivity index (χ0n) is 12.3. The molecule has 0 saturated carbocycles. The van der Waals surface area contributed by atoms with Gasteiger partial charge in [-0.15, -0.1) is 11.8 Å². The van der Waals surface area contributed by atoms with E-state index in [1.165, 1.54) is 16.0 Å². The van der Waals surface area contributed by atoms with Crippen LogP contribution in [0.1, 0.15) is 18.1 Å². The lowest BCUT2D eigenvalue weighted by molar-refractivity contribution is 0.317. The van der Waals surface area contributed by atoms with Crippen molar-refractivity contribution >= 4 is 11.8 Å². The van der Waals surface area contributed by atoms with E-state index in [0.717, 1.165) is 31.9 Å². The highest BCUT2D eigenvalue weighted by molar-refractivity contribution is 8.00. The highest BCUT2D eigenvalue weighted by atomic mass is 32.2. The van der Waals surface area contributed by atoms with Crippen molar-refractivity contribution in [2.45, 2.75) is 30.0 Å². The van der Waals surface area contributed by atoms with Gasteiger partial charge in [0.15, 0.2) is 0 Å². The summed E-state index contributed by atoms with van der Waals surface area (Å²) in [6.07, 6.45) is 1.11. The zero-order chi connectivity index (χ0) is 14.5. The first-order chi connectivity index (χ1) is 10.3. The molecule has 3 rings (SSSR count). The van der Waals surface area contributed by atoms with E-state index >= 15 is 0 Å². The lowest BCUT2D eigenvalue weighted by Crippen LogP contribution is -2.14. The van der Waals surface area contributed by atoms with Gasteiger partial charge in [0.1, 0.15) is 12.4 Å². The Labute approximate surface area is 130 Å². The van der Waals surface area contributed by atoms with Crippen molar-refractivity contribution in [1.82, 2.24) is 5.32 Å². The second-order valence-electron chi connectivity index (χ2n) is 5.29. The van der Waals surface area contributed by atoms with Gasteiger partial charge in [0.25, 0.3) is 0 Å². The summed E-state index contributed by atoms with van der Waals surface area (Å²) in [4.78, 5) is 1.41. The Balaban J connectivity index is 1.50. The molecule has 0 bridgehead atoms. The SMILES string of the molecule is CCNCc1ccc(OCC2Cc3ccccc3S2)cc1. The van der Waals surface area contributed by atoms with Gasteiger partial charge in [-0.25, -0.2) is 0 Å². The maximum absolute atomic E-state index is 5.94. The molecule has 2 nitrogen and oxygen atoms in total. The molecule has 1 heterocycles. The van der Waals surface area contributed by atoms with E-state index in [4.69, 9.17) is 4.74 Å². The molecule has 0 amide bonds. The van der Waals surface area contributed by atoms with E-state index in [0.29, 0.717) is 5.25 Å². The summed E-state index contributed by atoms with van der Waals surface area (Å²) < 4.78 is 5.94. The number of hydrogen-bond acceptors (Lipinski definition) is 3. The average molecular weight is 299 g/mol. The Morgan fingerprint density at radius 3 is 2.71 bits per heavy atom. The fourth-order valence-corrected chi connectivity index (χ4v) is 3.73. The van der Waals surface area contributed by atoms with Crippen LogP contribution in [0, 0.1) is 0 Å². The molecule has 21 heavy (non-hydrogen) atoms. The Morgan fingerprint density at radius 1 is 1.14 bits per heavy atom. The molecule has 0 aliphatic carbocycles. The summed E-state index contributed by atoms with van der Waals surface area (Å²) in [5, 5.41) is 3.86. The number of hydrogen-bond donors (Lipinski definition) is 1. The van der Waals surface area contributed by atoms with Crippen LogP contribution in [0.5, 0.6) is 5.75 Å². The molecule has 1 atom stereocenters. The van der Waals surface area contributed by atoms with Gasteiger partial charge in [-0.2, -0.15) is 0 Å².